The van der Waals surface area contributed by atoms with Gasteiger partial charge in [0.25, 0.3) is 0 Å². The van der Waals surface area contributed by atoms with Gasteiger partial charge in [0.05, 0.1) is 6.04 Å². The van der Waals surface area contributed by atoms with Crippen molar-refractivity contribution in [3.63, 3.8) is 0 Å². The van der Waals surface area contributed by atoms with E-state index in [1.54, 1.807) is 0 Å². The number of para-hydroxylation sites is 1. The van der Waals surface area contributed by atoms with Crippen molar-refractivity contribution in [1.29, 1.82) is 0 Å². The molecule has 5 heteroatoms. The molecule has 2 fully saturated rings. The number of carbonyl (C=O) groups excluding carboxylic acids is 1. The molecule has 2 aliphatic heterocycles. The fourth-order valence-corrected chi connectivity index (χ4v) is 4.10. The summed E-state index contributed by atoms with van der Waals surface area (Å²) >= 11 is 0. The zero-order valence-corrected chi connectivity index (χ0v) is 15.5. The summed E-state index contributed by atoms with van der Waals surface area (Å²) in [6.45, 7) is 3.58. The third-order valence-electron chi connectivity index (χ3n) is 5.69. The van der Waals surface area contributed by atoms with E-state index in [0.29, 0.717) is 12.0 Å². The van der Waals surface area contributed by atoms with Crippen molar-refractivity contribution in [2.45, 2.75) is 31.8 Å². The molecule has 0 radical (unpaired) electrons. The van der Waals surface area contributed by atoms with Crippen LogP contribution in [0, 0.1) is 5.41 Å². The molecular weight excluding hydrogens is 338 g/mol. The van der Waals surface area contributed by atoms with E-state index in [-0.39, 0.29) is 11.9 Å². The standard InChI is InChI=1S/C22H27N3O2/c26-21(20-14-22(16-25-20)9-11-23-12-10-22)24-15-17-5-4-8-19(13-17)27-18-6-2-1-3-7-18/h1-8,13,20,23,25H,9-12,14-16H2,(H,24,26)/t20-/m1/s1. The molecule has 2 heterocycles. The molecule has 3 N–H and O–H groups in total. The van der Waals surface area contributed by atoms with Crippen LogP contribution in [0.25, 0.3) is 0 Å². The second-order valence-corrected chi connectivity index (χ2v) is 7.67. The van der Waals surface area contributed by atoms with Gasteiger partial charge in [0.15, 0.2) is 0 Å². The molecule has 0 unspecified atom stereocenters. The van der Waals surface area contributed by atoms with Crippen LogP contribution in [0.2, 0.25) is 0 Å². The normalized spacial score (nSPS) is 21.1. The first kappa shape index (κ1) is 18.0. The number of rotatable bonds is 5. The Kier molecular flexibility index (Phi) is 5.41. The molecular formula is C22H27N3O2. The van der Waals surface area contributed by atoms with Crippen LogP contribution in [0.15, 0.2) is 54.6 Å². The average Bonchev–Trinajstić information content (AvgIpc) is 3.11. The highest BCUT2D eigenvalue weighted by Crippen LogP contribution is 2.37. The maximum Gasteiger partial charge on any atom is 0.237 e. The van der Waals surface area contributed by atoms with Crippen molar-refractivity contribution >= 4 is 5.91 Å². The predicted octanol–water partition coefficient (Wildman–Crippen LogP) is 2.83. The van der Waals surface area contributed by atoms with Gasteiger partial charge in [0.1, 0.15) is 11.5 Å². The Morgan fingerprint density at radius 2 is 1.85 bits per heavy atom. The SMILES string of the molecule is O=C(NCc1cccc(Oc2ccccc2)c1)[C@H]1CC2(CCNCC2)CN1. The Morgan fingerprint density at radius 3 is 2.67 bits per heavy atom. The highest BCUT2D eigenvalue weighted by molar-refractivity contribution is 5.82. The van der Waals surface area contributed by atoms with Gasteiger partial charge in [-0.25, -0.2) is 0 Å². The molecule has 1 atom stereocenters. The minimum absolute atomic E-state index is 0.0770. The molecule has 142 valence electrons. The lowest BCUT2D eigenvalue weighted by atomic mass is 9.77. The van der Waals surface area contributed by atoms with Gasteiger partial charge < -0.3 is 20.7 Å². The van der Waals surface area contributed by atoms with E-state index in [1.807, 2.05) is 54.6 Å². The van der Waals surface area contributed by atoms with Gasteiger partial charge in [-0.3, -0.25) is 4.79 Å². The van der Waals surface area contributed by atoms with Gasteiger partial charge in [-0.1, -0.05) is 30.3 Å². The predicted molar refractivity (Wildman–Crippen MR) is 106 cm³/mol. The van der Waals surface area contributed by atoms with Crippen molar-refractivity contribution in [3.8, 4) is 11.5 Å². The highest BCUT2D eigenvalue weighted by Gasteiger charge is 2.41. The summed E-state index contributed by atoms with van der Waals surface area (Å²) in [5.74, 6) is 1.68. The van der Waals surface area contributed by atoms with E-state index in [1.165, 1.54) is 0 Å². The molecule has 2 saturated heterocycles. The molecule has 0 saturated carbocycles. The molecule has 5 nitrogen and oxygen atoms in total. The summed E-state index contributed by atoms with van der Waals surface area (Å²) < 4.78 is 5.87. The van der Waals surface area contributed by atoms with Gasteiger partial charge in [-0.05, 0) is 67.6 Å². The van der Waals surface area contributed by atoms with Crippen LogP contribution in [-0.2, 0) is 11.3 Å². The maximum absolute atomic E-state index is 12.6. The summed E-state index contributed by atoms with van der Waals surface area (Å²) in [4.78, 5) is 12.6. The fourth-order valence-electron chi connectivity index (χ4n) is 4.10. The number of ether oxygens (including phenoxy) is 1. The van der Waals surface area contributed by atoms with Crippen LogP contribution in [0.5, 0.6) is 11.5 Å². The monoisotopic (exact) mass is 365 g/mol. The van der Waals surface area contributed by atoms with Crippen molar-refractivity contribution in [1.82, 2.24) is 16.0 Å². The number of hydrogen-bond acceptors (Lipinski definition) is 4. The summed E-state index contributed by atoms with van der Waals surface area (Å²) in [5, 5.41) is 9.92. The Hall–Kier alpha value is -2.37. The van der Waals surface area contributed by atoms with Gasteiger partial charge >= 0.3 is 0 Å². The van der Waals surface area contributed by atoms with E-state index >= 15 is 0 Å². The lowest BCUT2D eigenvalue weighted by Crippen LogP contribution is -2.40. The Labute approximate surface area is 160 Å². The molecule has 0 aromatic heterocycles. The molecule has 0 bridgehead atoms. The van der Waals surface area contributed by atoms with E-state index in [0.717, 1.165) is 56.0 Å². The van der Waals surface area contributed by atoms with Crippen molar-refractivity contribution in [3.05, 3.63) is 60.2 Å². The van der Waals surface area contributed by atoms with Crippen LogP contribution in [0.4, 0.5) is 0 Å². The van der Waals surface area contributed by atoms with Crippen LogP contribution in [-0.4, -0.2) is 31.6 Å². The largest absolute Gasteiger partial charge is 0.457 e. The van der Waals surface area contributed by atoms with Crippen molar-refractivity contribution in [2.24, 2.45) is 5.41 Å². The quantitative estimate of drug-likeness (QED) is 0.762. The Balaban J connectivity index is 1.31. The summed E-state index contributed by atoms with van der Waals surface area (Å²) in [5.41, 5.74) is 1.34. The van der Waals surface area contributed by atoms with Crippen LogP contribution >= 0.6 is 0 Å². The summed E-state index contributed by atoms with van der Waals surface area (Å²) in [6, 6.07) is 17.5. The van der Waals surface area contributed by atoms with E-state index < -0.39 is 0 Å². The molecule has 1 amide bonds. The third-order valence-corrected chi connectivity index (χ3v) is 5.69. The molecule has 4 rings (SSSR count). The van der Waals surface area contributed by atoms with Crippen molar-refractivity contribution in [2.75, 3.05) is 19.6 Å². The minimum Gasteiger partial charge on any atom is -0.457 e. The molecule has 0 aliphatic carbocycles. The zero-order valence-electron chi connectivity index (χ0n) is 15.5. The molecule has 27 heavy (non-hydrogen) atoms. The molecule has 2 aromatic rings. The van der Waals surface area contributed by atoms with Gasteiger partial charge in [0, 0.05) is 13.1 Å². The lowest BCUT2D eigenvalue weighted by molar-refractivity contribution is -0.123. The van der Waals surface area contributed by atoms with Crippen LogP contribution in [0.1, 0.15) is 24.8 Å². The second-order valence-electron chi connectivity index (χ2n) is 7.67. The molecule has 1 spiro atoms. The first-order valence-electron chi connectivity index (χ1n) is 9.76. The Morgan fingerprint density at radius 1 is 1.07 bits per heavy atom. The lowest BCUT2D eigenvalue weighted by Gasteiger charge is -2.33. The number of carbonyl (C=O) groups is 1. The fraction of sp³-hybridized carbons (Fsp3) is 0.409. The number of benzene rings is 2. The first-order chi connectivity index (χ1) is 13.2. The smallest absolute Gasteiger partial charge is 0.237 e. The number of nitrogens with one attached hydrogen (secondary N) is 3. The number of amides is 1. The summed E-state index contributed by atoms with van der Waals surface area (Å²) in [6.07, 6.45) is 3.25. The van der Waals surface area contributed by atoms with Crippen LogP contribution in [0.3, 0.4) is 0 Å². The number of hydrogen-bond donors (Lipinski definition) is 3. The average molecular weight is 365 g/mol. The molecule has 2 aromatic carbocycles. The second kappa shape index (κ2) is 8.11. The van der Waals surface area contributed by atoms with E-state index in [4.69, 9.17) is 4.74 Å². The number of piperidine rings is 1. The molecule has 2 aliphatic rings. The van der Waals surface area contributed by atoms with E-state index in [9.17, 15) is 4.79 Å². The first-order valence-corrected chi connectivity index (χ1v) is 9.76. The summed E-state index contributed by atoms with van der Waals surface area (Å²) in [7, 11) is 0. The third kappa shape index (κ3) is 4.49. The maximum atomic E-state index is 12.6. The van der Waals surface area contributed by atoms with Crippen LogP contribution < -0.4 is 20.7 Å². The highest BCUT2D eigenvalue weighted by atomic mass is 16.5. The zero-order chi connectivity index (χ0) is 18.5. The van der Waals surface area contributed by atoms with Crippen molar-refractivity contribution < 1.29 is 9.53 Å². The van der Waals surface area contributed by atoms with E-state index in [2.05, 4.69) is 16.0 Å². The topological polar surface area (TPSA) is 62.4 Å². The van der Waals surface area contributed by atoms with Gasteiger partial charge in [-0.15, -0.1) is 0 Å². The Bertz CT molecular complexity index is 772. The van der Waals surface area contributed by atoms with Gasteiger partial charge in [0.2, 0.25) is 5.91 Å². The van der Waals surface area contributed by atoms with Gasteiger partial charge in [-0.2, -0.15) is 0 Å². The minimum atomic E-state index is -0.0770.